The summed E-state index contributed by atoms with van der Waals surface area (Å²) in [6.07, 6.45) is 68.9. The second-order valence-electron chi connectivity index (χ2n) is 18.5. The standard InChI is InChI=1S/C60H104O6/c1-4-7-10-13-16-19-22-24-26-27-28-29-30-31-32-33-34-36-38-41-44-47-50-53-59(62)65-56-57(55-64-58(61)52-49-46-43-40-37-21-18-15-12-9-6-3)66-60(63)54-51-48-45-42-39-35-25-23-20-17-14-11-8-5-2/h7,10,14,16-17,19,23-26,28-29,57H,4-6,8-9,11-13,15,18,20-22,27,30-56H2,1-3H3/b10-7-,17-14-,19-16-,25-23-,26-24-,29-28-. The molecule has 0 spiro atoms. The molecule has 0 aliphatic rings. The number of carbonyl (C=O) groups excluding carboxylic acids is 3. The van der Waals surface area contributed by atoms with Crippen LogP contribution < -0.4 is 0 Å². The molecule has 0 radical (unpaired) electrons. The molecular weight excluding hydrogens is 817 g/mol. The summed E-state index contributed by atoms with van der Waals surface area (Å²) in [5, 5.41) is 0. The third-order valence-corrected chi connectivity index (χ3v) is 11.9. The Hall–Kier alpha value is -3.15. The van der Waals surface area contributed by atoms with Gasteiger partial charge in [0, 0.05) is 19.3 Å². The molecule has 0 rings (SSSR count). The molecule has 0 N–H and O–H groups in total. The highest BCUT2D eigenvalue weighted by molar-refractivity contribution is 5.71. The lowest BCUT2D eigenvalue weighted by Crippen LogP contribution is -2.30. The fourth-order valence-electron chi connectivity index (χ4n) is 7.74. The van der Waals surface area contributed by atoms with E-state index < -0.39 is 6.10 Å². The average Bonchev–Trinajstić information content (AvgIpc) is 3.31. The summed E-state index contributed by atoms with van der Waals surface area (Å²) in [6, 6.07) is 0. The third-order valence-electron chi connectivity index (χ3n) is 11.9. The van der Waals surface area contributed by atoms with E-state index in [4.69, 9.17) is 14.2 Å². The van der Waals surface area contributed by atoms with Gasteiger partial charge in [-0.25, -0.2) is 0 Å². The van der Waals surface area contributed by atoms with Crippen LogP contribution in [-0.2, 0) is 28.6 Å². The van der Waals surface area contributed by atoms with E-state index in [0.717, 1.165) is 109 Å². The molecule has 0 amide bonds. The van der Waals surface area contributed by atoms with Crippen molar-refractivity contribution in [2.75, 3.05) is 13.2 Å². The molecule has 0 fully saturated rings. The number of ether oxygens (including phenoxy) is 3. The lowest BCUT2D eigenvalue weighted by atomic mass is 10.1. The molecule has 1 unspecified atom stereocenters. The van der Waals surface area contributed by atoms with Gasteiger partial charge in [0.25, 0.3) is 0 Å². The molecular formula is C60H104O6. The van der Waals surface area contributed by atoms with E-state index in [0.29, 0.717) is 19.3 Å². The molecule has 0 saturated heterocycles. The van der Waals surface area contributed by atoms with Crippen molar-refractivity contribution in [1.29, 1.82) is 0 Å². The van der Waals surface area contributed by atoms with Crippen molar-refractivity contribution in [1.82, 2.24) is 0 Å². The maximum absolute atomic E-state index is 12.8. The van der Waals surface area contributed by atoms with Crippen LogP contribution in [0, 0.1) is 0 Å². The maximum atomic E-state index is 12.8. The first-order valence-electron chi connectivity index (χ1n) is 27.9. The van der Waals surface area contributed by atoms with Gasteiger partial charge in [0.2, 0.25) is 0 Å². The first-order valence-corrected chi connectivity index (χ1v) is 27.9. The molecule has 0 bridgehead atoms. The van der Waals surface area contributed by atoms with Gasteiger partial charge in [-0.05, 0) is 83.5 Å². The number of unbranched alkanes of at least 4 members (excludes halogenated alkanes) is 27. The zero-order valence-electron chi connectivity index (χ0n) is 43.4. The second kappa shape index (κ2) is 54.5. The first-order chi connectivity index (χ1) is 32.5. The van der Waals surface area contributed by atoms with Gasteiger partial charge in [0.15, 0.2) is 6.10 Å². The largest absolute Gasteiger partial charge is 0.462 e. The monoisotopic (exact) mass is 921 g/mol. The lowest BCUT2D eigenvalue weighted by molar-refractivity contribution is -0.167. The van der Waals surface area contributed by atoms with Crippen molar-refractivity contribution in [3.63, 3.8) is 0 Å². The summed E-state index contributed by atoms with van der Waals surface area (Å²) in [5.41, 5.74) is 0. The zero-order chi connectivity index (χ0) is 47.9. The molecule has 0 saturated carbocycles. The van der Waals surface area contributed by atoms with Crippen molar-refractivity contribution < 1.29 is 28.6 Å². The van der Waals surface area contributed by atoms with Gasteiger partial charge in [-0.2, -0.15) is 0 Å². The molecule has 0 heterocycles. The Labute approximate surface area is 408 Å². The van der Waals surface area contributed by atoms with E-state index in [-0.39, 0.29) is 31.1 Å². The van der Waals surface area contributed by atoms with Crippen molar-refractivity contribution in [2.45, 2.75) is 277 Å². The third kappa shape index (κ3) is 51.8. The van der Waals surface area contributed by atoms with Gasteiger partial charge in [-0.15, -0.1) is 0 Å². The Kier molecular flexibility index (Phi) is 51.9. The van der Waals surface area contributed by atoms with Crippen LogP contribution >= 0.6 is 0 Å². The van der Waals surface area contributed by atoms with E-state index in [1.165, 1.54) is 122 Å². The minimum absolute atomic E-state index is 0.0801. The minimum Gasteiger partial charge on any atom is -0.462 e. The van der Waals surface area contributed by atoms with E-state index >= 15 is 0 Å². The highest BCUT2D eigenvalue weighted by Crippen LogP contribution is 2.15. The van der Waals surface area contributed by atoms with Crippen molar-refractivity contribution in [3.05, 3.63) is 72.9 Å². The topological polar surface area (TPSA) is 78.9 Å². The summed E-state index contributed by atoms with van der Waals surface area (Å²) in [4.78, 5) is 38.0. The number of esters is 3. The van der Waals surface area contributed by atoms with Crippen LogP contribution in [0.5, 0.6) is 0 Å². The number of allylic oxidation sites excluding steroid dienone is 12. The predicted octanol–water partition coefficient (Wildman–Crippen LogP) is 18.6. The van der Waals surface area contributed by atoms with Gasteiger partial charge in [0.1, 0.15) is 13.2 Å². The molecule has 0 aromatic carbocycles. The molecule has 1 atom stereocenters. The molecule has 380 valence electrons. The Balaban J connectivity index is 4.30. The van der Waals surface area contributed by atoms with E-state index in [2.05, 4.69) is 93.7 Å². The second-order valence-corrected chi connectivity index (χ2v) is 18.5. The van der Waals surface area contributed by atoms with Gasteiger partial charge < -0.3 is 14.2 Å². The number of hydrogen-bond donors (Lipinski definition) is 0. The SMILES string of the molecule is CC/C=C\C/C=C\C/C=C\C/C=C\CCCCCCCCCCCCC(=O)OCC(COC(=O)CCCCCCCCCCCCC)OC(=O)CCCCCCC/C=C\C/C=C\CCCC. The summed E-state index contributed by atoms with van der Waals surface area (Å²) < 4.78 is 16.8. The zero-order valence-corrected chi connectivity index (χ0v) is 43.4. The van der Waals surface area contributed by atoms with Crippen LogP contribution in [0.25, 0.3) is 0 Å². The van der Waals surface area contributed by atoms with Gasteiger partial charge in [-0.1, -0.05) is 241 Å². The predicted molar refractivity (Wildman–Crippen MR) is 284 cm³/mol. The average molecular weight is 921 g/mol. The van der Waals surface area contributed by atoms with Crippen molar-refractivity contribution >= 4 is 17.9 Å². The Morgan fingerprint density at radius 3 is 0.970 bits per heavy atom. The molecule has 0 aromatic rings. The Morgan fingerprint density at radius 2 is 0.606 bits per heavy atom. The van der Waals surface area contributed by atoms with Crippen LogP contribution in [0.2, 0.25) is 0 Å². The minimum atomic E-state index is -0.782. The molecule has 0 aliphatic heterocycles. The summed E-state index contributed by atoms with van der Waals surface area (Å²) in [5.74, 6) is -0.893. The summed E-state index contributed by atoms with van der Waals surface area (Å²) in [7, 11) is 0. The first kappa shape index (κ1) is 62.8. The van der Waals surface area contributed by atoms with E-state index in [9.17, 15) is 14.4 Å². The number of rotatable bonds is 50. The van der Waals surface area contributed by atoms with E-state index in [1.54, 1.807) is 0 Å². The van der Waals surface area contributed by atoms with Crippen LogP contribution in [-0.4, -0.2) is 37.2 Å². The van der Waals surface area contributed by atoms with Crippen LogP contribution in [0.15, 0.2) is 72.9 Å². The highest BCUT2D eigenvalue weighted by Gasteiger charge is 2.19. The van der Waals surface area contributed by atoms with Crippen molar-refractivity contribution in [3.8, 4) is 0 Å². The summed E-state index contributed by atoms with van der Waals surface area (Å²) >= 11 is 0. The fraction of sp³-hybridized carbons (Fsp3) is 0.750. The molecule has 6 nitrogen and oxygen atoms in total. The Bertz CT molecular complexity index is 1240. The lowest BCUT2D eigenvalue weighted by Gasteiger charge is -2.18. The fourth-order valence-corrected chi connectivity index (χ4v) is 7.74. The van der Waals surface area contributed by atoms with Crippen LogP contribution in [0.3, 0.4) is 0 Å². The quantitative estimate of drug-likeness (QED) is 0.0262. The van der Waals surface area contributed by atoms with Crippen LogP contribution in [0.4, 0.5) is 0 Å². The molecule has 6 heteroatoms. The Morgan fingerprint density at radius 1 is 0.318 bits per heavy atom. The smallest absolute Gasteiger partial charge is 0.306 e. The van der Waals surface area contributed by atoms with Gasteiger partial charge >= 0.3 is 17.9 Å². The summed E-state index contributed by atoms with van der Waals surface area (Å²) in [6.45, 7) is 6.48. The maximum Gasteiger partial charge on any atom is 0.306 e. The van der Waals surface area contributed by atoms with Crippen molar-refractivity contribution in [2.24, 2.45) is 0 Å². The van der Waals surface area contributed by atoms with Crippen LogP contribution in [0.1, 0.15) is 271 Å². The molecule has 66 heavy (non-hydrogen) atoms. The highest BCUT2D eigenvalue weighted by atomic mass is 16.6. The molecule has 0 aromatic heterocycles. The van der Waals surface area contributed by atoms with E-state index in [1.807, 2.05) is 0 Å². The number of carbonyl (C=O) groups is 3. The molecule has 0 aliphatic carbocycles. The number of hydrogen-bond acceptors (Lipinski definition) is 6. The normalized spacial score (nSPS) is 12.6. The van der Waals surface area contributed by atoms with Gasteiger partial charge in [-0.3, -0.25) is 14.4 Å². The van der Waals surface area contributed by atoms with Gasteiger partial charge in [0.05, 0.1) is 0 Å².